The number of nitrogens with one attached hydrogen (secondary N) is 1. The fraction of sp³-hybridized carbons (Fsp3) is 0.385. The molecule has 0 radical (unpaired) electrons. The van der Waals surface area contributed by atoms with Crippen LogP contribution >= 0.6 is 0 Å². The average molecular weight is 337 g/mol. The fourth-order valence-electron chi connectivity index (χ4n) is 2.11. The molecule has 0 fully saturated rings. The van der Waals surface area contributed by atoms with Gasteiger partial charge in [0, 0.05) is 7.05 Å². The van der Waals surface area contributed by atoms with E-state index in [1.807, 2.05) is 0 Å². The Hall–Kier alpha value is -3.11. The lowest BCUT2D eigenvalue weighted by Crippen LogP contribution is -2.28. The monoisotopic (exact) mass is 337 g/mol. The summed E-state index contributed by atoms with van der Waals surface area (Å²) >= 11 is 0. The largest absolute Gasteiger partial charge is 0.390 e. The van der Waals surface area contributed by atoms with E-state index in [1.54, 1.807) is 13.8 Å². The molecule has 0 aromatic carbocycles. The predicted molar refractivity (Wildman–Crippen MR) is 82.0 cm³/mol. The van der Waals surface area contributed by atoms with Crippen LogP contribution < -0.4 is 5.43 Å². The van der Waals surface area contributed by atoms with Crippen LogP contribution in [0.3, 0.4) is 0 Å². The molecule has 2 aromatic heterocycles. The summed E-state index contributed by atoms with van der Waals surface area (Å²) in [5.41, 5.74) is 3.31. The van der Waals surface area contributed by atoms with Gasteiger partial charge in [-0.25, -0.2) is 10.1 Å². The van der Waals surface area contributed by atoms with E-state index in [4.69, 9.17) is 0 Å². The summed E-state index contributed by atoms with van der Waals surface area (Å²) in [6.07, 6.45) is 1.15. The first kappa shape index (κ1) is 17.2. The van der Waals surface area contributed by atoms with Crippen molar-refractivity contribution >= 4 is 17.9 Å². The first-order valence-electron chi connectivity index (χ1n) is 6.95. The Morgan fingerprint density at radius 1 is 1.50 bits per heavy atom. The summed E-state index contributed by atoms with van der Waals surface area (Å²) in [6.45, 7) is 4.73. The van der Waals surface area contributed by atoms with Crippen molar-refractivity contribution in [2.75, 3.05) is 0 Å². The standard InChI is InChI=1S/C13H16FN7O3/c1-7-5-11(21(23)24)18-20(7)9(3)13(22)16-15-6-10-8(2)17-19(4)12(10)14/h5-6,9H,1-4H3,(H,16,22)/b15-6+. The van der Waals surface area contributed by atoms with E-state index in [1.165, 1.54) is 24.7 Å². The molecular weight excluding hydrogens is 321 g/mol. The molecule has 128 valence electrons. The van der Waals surface area contributed by atoms with Crippen LogP contribution in [-0.2, 0) is 11.8 Å². The van der Waals surface area contributed by atoms with E-state index < -0.39 is 22.8 Å². The molecule has 10 nitrogen and oxygen atoms in total. The molecule has 0 aliphatic carbocycles. The van der Waals surface area contributed by atoms with Gasteiger partial charge in [0.05, 0.1) is 34.3 Å². The number of carbonyl (C=O) groups is 1. The van der Waals surface area contributed by atoms with Crippen molar-refractivity contribution in [3.63, 3.8) is 0 Å². The number of hydrogen-bond acceptors (Lipinski definition) is 6. The molecule has 0 spiro atoms. The molecule has 1 N–H and O–H groups in total. The zero-order valence-corrected chi connectivity index (χ0v) is 13.5. The van der Waals surface area contributed by atoms with Crippen LogP contribution in [0.4, 0.5) is 10.2 Å². The zero-order valence-electron chi connectivity index (χ0n) is 13.5. The van der Waals surface area contributed by atoms with Crippen molar-refractivity contribution in [2.45, 2.75) is 26.8 Å². The van der Waals surface area contributed by atoms with E-state index in [9.17, 15) is 19.3 Å². The molecule has 0 saturated carbocycles. The number of aromatic nitrogens is 4. The van der Waals surface area contributed by atoms with Crippen LogP contribution in [0.5, 0.6) is 0 Å². The molecule has 0 aliphatic heterocycles. The Morgan fingerprint density at radius 2 is 2.17 bits per heavy atom. The number of hydrogen-bond donors (Lipinski definition) is 1. The number of hydrazone groups is 1. The normalized spacial score (nSPS) is 12.5. The van der Waals surface area contributed by atoms with Crippen molar-refractivity contribution in [1.82, 2.24) is 25.0 Å². The number of carbonyl (C=O) groups excluding carboxylic acids is 1. The van der Waals surface area contributed by atoms with Crippen molar-refractivity contribution in [2.24, 2.45) is 12.1 Å². The minimum atomic E-state index is -0.823. The summed E-state index contributed by atoms with van der Waals surface area (Å²) in [4.78, 5) is 22.1. The molecule has 0 aliphatic rings. The molecule has 1 atom stereocenters. The van der Waals surface area contributed by atoms with Gasteiger partial charge in [0.15, 0.2) is 6.04 Å². The maximum absolute atomic E-state index is 13.7. The summed E-state index contributed by atoms with van der Waals surface area (Å²) < 4.78 is 16.0. The third-order valence-electron chi connectivity index (χ3n) is 3.41. The highest BCUT2D eigenvalue weighted by molar-refractivity contribution is 5.84. The topological polar surface area (TPSA) is 120 Å². The molecule has 2 rings (SSSR count). The van der Waals surface area contributed by atoms with Crippen molar-refractivity contribution in [3.8, 4) is 0 Å². The first-order valence-corrected chi connectivity index (χ1v) is 6.95. The smallest absolute Gasteiger partial charge is 0.358 e. The second-order valence-corrected chi connectivity index (χ2v) is 5.17. The lowest BCUT2D eigenvalue weighted by molar-refractivity contribution is -0.389. The van der Waals surface area contributed by atoms with Gasteiger partial charge >= 0.3 is 5.82 Å². The molecule has 0 bridgehead atoms. The lowest BCUT2D eigenvalue weighted by atomic mass is 10.3. The number of halogens is 1. The molecule has 2 heterocycles. The third kappa shape index (κ3) is 3.29. The van der Waals surface area contributed by atoms with Gasteiger partial charge in [0.25, 0.3) is 5.91 Å². The number of nitro groups is 1. The quantitative estimate of drug-likeness (QED) is 0.495. The Morgan fingerprint density at radius 3 is 2.67 bits per heavy atom. The van der Waals surface area contributed by atoms with E-state index in [0.717, 1.165) is 10.9 Å². The van der Waals surface area contributed by atoms with Crippen molar-refractivity contribution in [3.05, 3.63) is 39.1 Å². The highest BCUT2D eigenvalue weighted by Gasteiger charge is 2.24. The highest BCUT2D eigenvalue weighted by atomic mass is 19.1. The molecular formula is C13H16FN7O3. The highest BCUT2D eigenvalue weighted by Crippen LogP contribution is 2.16. The van der Waals surface area contributed by atoms with Crippen LogP contribution in [0.1, 0.15) is 29.9 Å². The predicted octanol–water partition coefficient (Wildman–Crippen LogP) is 0.992. The van der Waals surface area contributed by atoms with Gasteiger partial charge in [-0.15, -0.1) is 0 Å². The van der Waals surface area contributed by atoms with Crippen molar-refractivity contribution in [1.29, 1.82) is 0 Å². The first-order chi connectivity index (χ1) is 11.2. The number of aryl methyl sites for hydroxylation is 3. The number of amides is 1. The zero-order chi connectivity index (χ0) is 18.0. The van der Waals surface area contributed by atoms with Gasteiger partial charge in [-0.1, -0.05) is 0 Å². The van der Waals surface area contributed by atoms with Crippen LogP contribution in [-0.4, -0.2) is 36.6 Å². The number of rotatable bonds is 5. The van der Waals surface area contributed by atoms with E-state index in [0.29, 0.717) is 11.4 Å². The summed E-state index contributed by atoms with van der Waals surface area (Å²) in [5, 5.41) is 22.1. The fourth-order valence-corrected chi connectivity index (χ4v) is 2.11. The second-order valence-electron chi connectivity index (χ2n) is 5.17. The summed E-state index contributed by atoms with van der Waals surface area (Å²) in [6, 6.07) is 0.442. The molecule has 1 unspecified atom stereocenters. The SMILES string of the molecule is Cc1nn(C)c(F)c1/C=N/NC(=O)C(C)n1nc([N+](=O)[O-])cc1C. The Kier molecular flexibility index (Phi) is 4.71. The molecule has 0 saturated heterocycles. The van der Waals surface area contributed by atoms with Gasteiger partial charge in [0.1, 0.15) is 0 Å². The lowest BCUT2D eigenvalue weighted by Gasteiger charge is -2.08. The van der Waals surface area contributed by atoms with Crippen molar-refractivity contribution < 1.29 is 14.1 Å². The summed E-state index contributed by atoms with van der Waals surface area (Å²) in [7, 11) is 1.45. The van der Waals surface area contributed by atoms with Gasteiger partial charge < -0.3 is 10.1 Å². The average Bonchev–Trinajstić information content (AvgIpc) is 3.01. The van der Waals surface area contributed by atoms with E-state index >= 15 is 0 Å². The van der Waals surface area contributed by atoms with E-state index in [2.05, 4.69) is 20.7 Å². The van der Waals surface area contributed by atoms with Gasteiger partial charge in [0.2, 0.25) is 5.95 Å². The maximum atomic E-state index is 13.7. The van der Waals surface area contributed by atoms with Gasteiger partial charge in [-0.3, -0.25) is 4.79 Å². The number of nitrogens with zero attached hydrogens (tertiary/aromatic N) is 6. The van der Waals surface area contributed by atoms with Gasteiger partial charge in [-0.2, -0.15) is 19.3 Å². The minimum Gasteiger partial charge on any atom is -0.358 e. The Labute approximate surface area is 136 Å². The second kappa shape index (κ2) is 6.56. The Bertz CT molecular complexity index is 824. The minimum absolute atomic E-state index is 0.163. The molecule has 24 heavy (non-hydrogen) atoms. The molecule has 2 aromatic rings. The van der Waals surface area contributed by atoms with Crippen LogP contribution in [0.15, 0.2) is 11.2 Å². The van der Waals surface area contributed by atoms with Crippen LogP contribution in [0, 0.1) is 29.9 Å². The van der Waals surface area contributed by atoms with E-state index in [-0.39, 0.29) is 11.4 Å². The third-order valence-corrected chi connectivity index (χ3v) is 3.41. The molecule has 1 amide bonds. The summed E-state index contributed by atoms with van der Waals surface area (Å²) in [5.74, 6) is -1.46. The van der Waals surface area contributed by atoms with Crippen LogP contribution in [0.2, 0.25) is 0 Å². The maximum Gasteiger partial charge on any atom is 0.390 e. The molecule has 11 heteroatoms. The van der Waals surface area contributed by atoms with Gasteiger partial charge in [-0.05, 0) is 25.7 Å². The van der Waals surface area contributed by atoms with Crippen LogP contribution in [0.25, 0.3) is 0 Å². The Balaban J connectivity index is 2.09.